The summed E-state index contributed by atoms with van der Waals surface area (Å²) in [5.41, 5.74) is 0. The van der Waals surface area contributed by atoms with Crippen molar-refractivity contribution in [2.45, 2.75) is 45.9 Å². The third-order valence-electron chi connectivity index (χ3n) is 4.15. The van der Waals surface area contributed by atoms with Crippen molar-refractivity contribution in [3.8, 4) is 0 Å². The Labute approximate surface area is 122 Å². The first kappa shape index (κ1) is 15.7. The van der Waals surface area contributed by atoms with Crippen molar-refractivity contribution >= 4 is 5.91 Å². The predicted octanol–water partition coefficient (Wildman–Crippen LogP) is 0.552. The maximum atomic E-state index is 12.9. The van der Waals surface area contributed by atoms with Crippen LogP contribution in [0.1, 0.15) is 27.7 Å². The Balaban J connectivity index is 2.07. The maximum Gasteiger partial charge on any atom is 0.240 e. The van der Waals surface area contributed by atoms with Crippen LogP contribution in [0.25, 0.3) is 0 Å². The summed E-state index contributed by atoms with van der Waals surface area (Å²) in [6.45, 7) is 13.7. The van der Waals surface area contributed by atoms with E-state index in [1.807, 2.05) is 4.90 Å². The van der Waals surface area contributed by atoms with Gasteiger partial charge in [-0.25, -0.2) is 0 Å². The first-order valence-electron chi connectivity index (χ1n) is 7.88. The highest BCUT2D eigenvalue weighted by atomic mass is 16.5. The molecule has 5 heteroatoms. The summed E-state index contributed by atoms with van der Waals surface area (Å²) in [4.78, 5) is 17.2. The van der Waals surface area contributed by atoms with Crippen molar-refractivity contribution < 1.29 is 9.53 Å². The van der Waals surface area contributed by atoms with Gasteiger partial charge < -0.3 is 15.0 Å². The summed E-state index contributed by atoms with van der Waals surface area (Å²) in [5, 5.41) is 3.30. The van der Waals surface area contributed by atoms with Crippen molar-refractivity contribution in [1.29, 1.82) is 0 Å². The van der Waals surface area contributed by atoms with Gasteiger partial charge in [0, 0.05) is 39.3 Å². The van der Waals surface area contributed by atoms with Gasteiger partial charge in [0.2, 0.25) is 5.91 Å². The Morgan fingerprint density at radius 3 is 2.20 bits per heavy atom. The van der Waals surface area contributed by atoms with Crippen LogP contribution in [0.15, 0.2) is 0 Å². The molecule has 2 fully saturated rings. The van der Waals surface area contributed by atoms with E-state index in [0.717, 1.165) is 39.3 Å². The molecule has 0 radical (unpaired) electrons. The molecule has 0 spiro atoms. The summed E-state index contributed by atoms with van der Waals surface area (Å²) in [6, 6.07) is -0.0121. The molecule has 2 aliphatic heterocycles. The number of rotatable bonds is 3. The molecule has 116 valence electrons. The van der Waals surface area contributed by atoms with E-state index in [0.29, 0.717) is 11.8 Å². The minimum atomic E-state index is -0.0121. The summed E-state index contributed by atoms with van der Waals surface area (Å²) < 4.78 is 5.79. The number of nitrogens with one attached hydrogen (secondary N) is 1. The largest absolute Gasteiger partial charge is 0.373 e. The zero-order valence-electron chi connectivity index (χ0n) is 13.3. The average molecular weight is 283 g/mol. The Morgan fingerprint density at radius 2 is 1.70 bits per heavy atom. The summed E-state index contributed by atoms with van der Waals surface area (Å²) in [5.74, 6) is 0.623. The number of piperazine rings is 1. The van der Waals surface area contributed by atoms with E-state index in [1.54, 1.807) is 0 Å². The molecule has 2 aliphatic rings. The third-order valence-corrected chi connectivity index (χ3v) is 4.15. The molecule has 0 aromatic heterocycles. The first-order valence-corrected chi connectivity index (χ1v) is 7.88. The zero-order valence-corrected chi connectivity index (χ0v) is 13.3. The van der Waals surface area contributed by atoms with Crippen LogP contribution in [0, 0.1) is 5.92 Å². The fraction of sp³-hybridized carbons (Fsp3) is 0.933. The van der Waals surface area contributed by atoms with Crippen LogP contribution in [0.4, 0.5) is 0 Å². The van der Waals surface area contributed by atoms with E-state index in [-0.39, 0.29) is 18.2 Å². The van der Waals surface area contributed by atoms with Crippen LogP contribution >= 0.6 is 0 Å². The van der Waals surface area contributed by atoms with Gasteiger partial charge in [0.05, 0.1) is 18.2 Å². The number of hydrogen-bond donors (Lipinski definition) is 1. The highest BCUT2D eigenvalue weighted by molar-refractivity contribution is 5.82. The number of ether oxygens (including phenoxy) is 1. The van der Waals surface area contributed by atoms with Crippen molar-refractivity contribution in [2.75, 3.05) is 39.3 Å². The number of morpholine rings is 1. The molecule has 3 unspecified atom stereocenters. The molecule has 2 heterocycles. The molecule has 0 bridgehead atoms. The van der Waals surface area contributed by atoms with E-state index < -0.39 is 0 Å². The third kappa shape index (κ3) is 3.71. The molecule has 5 nitrogen and oxygen atoms in total. The summed E-state index contributed by atoms with van der Waals surface area (Å²) in [7, 11) is 0. The van der Waals surface area contributed by atoms with Gasteiger partial charge >= 0.3 is 0 Å². The Morgan fingerprint density at radius 1 is 1.15 bits per heavy atom. The number of amides is 1. The van der Waals surface area contributed by atoms with Crippen molar-refractivity contribution in [3.63, 3.8) is 0 Å². The molecule has 0 saturated carbocycles. The first-order chi connectivity index (χ1) is 9.49. The van der Waals surface area contributed by atoms with Crippen molar-refractivity contribution in [2.24, 2.45) is 5.92 Å². The average Bonchev–Trinajstić information content (AvgIpc) is 2.38. The second kappa shape index (κ2) is 6.87. The van der Waals surface area contributed by atoms with E-state index >= 15 is 0 Å². The van der Waals surface area contributed by atoms with Gasteiger partial charge in [-0.05, 0) is 19.8 Å². The van der Waals surface area contributed by atoms with Gasteiger partial charge in [-0.3, -0.25) is 9.69 Å². The fourth-order valence-corrected chi connectivity index (χ4v) is 3.38. The normalized spacial score (nSPS) is 30.6. The standard InChI is InChI=1S/C15H29N3O2/c1-11(2)14(15(19)17-7-5-16-6-8-17)18-9-12(3)20-13(4)10-18/h11-14,16H,5-10H2,1-4H3. The highest BCUT2D eigenvalue weighted by Gasteiger charge is 2.36. The van der Waals surface area contributed by atoms with Gasteiger partial charge in [0.15, 0.2) is 0 Å². The van der Waals surface area contributed by atoms with Crippen LogP contribution in [-0.4, -0.2) is 73.2 Å². The second-order valence-corrected chi connectivity index (χ2v) is 6.48. The van der Waals surface area contributed by atoms with Crippen molar-refractivity contribution in [3.05, 3.63) is 0 Å². The SMILES string of the molecule is CC1CN(C(C(=O)N2CCNCC2)C(C)C)CC(C)O1. The van der Waals surface area contributed by atoms with Gasteiger partial charge in [-0.15, -0.1) is 0 Å². The lowest BCUT2D eigenvalue weighted by Gasteiger charge is -2.43. The van der Waals surface area contributed by atoms with Crippen LogP contribution in [-0.2, 0) is 9.53 Å². The molecule has 20 heavy (non-hydrogen) atoms. The molecule has 0 aliphatic carbocycles. The maximum absolute atomic E-state index is 12.9. The quantitative estimate of drug-likeness (QED) is 0.822. The van der Waals surface area contributed by atoms with Gasteiger partial charge in [0.25, 0.3) is 0 Å². The molecule has 2 rings (SSSR count). The van der Waals surface area contributed by atoms with E-state index in [1.165, 1.54) is 0 Å². The Kier molecular flexibility index (Phi) is 5.41. The molecule has 1 N–H and O–H groups in total. The molecule has 0 aromatic carbocycles. The minimum absolute atomic E-state index is 0.0121. The van der Waals surface area contributed by atoms with Crippen LogP contribution in [0.5, 0.6) is 0 Å². The van der Waals surface area contributed by atoms with E-state index in [9.17, 15) is 4.79 Å². The Bertz CT molecular complexity index is 319. The van der Waals surface area contributed by atoms with Crippen LogP contribution in [0.3, 0.4) is 0 Å². The van der Waals surface area contributed by atoms with Gasteiger partial charge in [-0.1, -0.05) is 13.8 Å². The second-order valence-electron chi connectivity index (χ2n) is 6.48. The Hall–Kier alpha value is -0.650. The number of carbonyl (C=O) groups is 1. The summed E-state index contributed by atoms with van der Waals surface area (Å²) in [6.07, 6.45) is 0.409. The fourth-order valence-electron chi connectivity index (χ4n) is 3.38. The number of hydrogen-bond acceptors (Lipinski definition) is 4. The summed E-state index contributed by atoms with van der Waals surface area (Å²) >= 11 is 0. The van der Waals surface area contributed by atoms with Crippen LogP contribution < -0.4 is 5.32 Å². The zero-order chi connectivity index (χ0) is 14.7. The predicted molar refractivity (Wildman–Crippen MR) is 79.7 cm³/mol. The molecular weight excluding hydrogens is 254 g/mol. The smallest absolute Gasteiger partial charge is 0.240 e. The number of nitrogens with zero attached hydrogens (tertiary/aromatic N) is 2. The molecular formula is C15H29N3O2. The lowest BCUT2D eigenvalue weighted by molar-refractivity contribution is -0.146. The van der Waals surface area contributed by atoms with E-state index in [4.69, 9.17) is 4.74 Å². The minimum Gasteiger partial charge on any atom is -0.373 e. The molecule has 0 aromatic rings. The van der Waals surface area contributed by atoms with Crippen LogP contribution in [0.2, 0.25) is 0 Å². The molecule has 2 saturated heterocycles. The van der Waals surface area contributed by atoms with E-state index in [2.05, 4.69) is 37.9 Å². The van der Waals surface area contributed by atoms with Gasteiger partial charge in [0.1, 0.15) is 0 Å². The highest BCUT2D eigenvalue weighted by Crippen LogP contribution is 2.20. The van der Waals surface area contributed by atoms with Gasteiger partial charge in [-0.2, -0.15) is 0 Å². The molecule has 3 atom stereocenters. The monoisotopic (exact) mass is 283 g/mol. The molecule has 1 amide bonds. The lowest BCUT2D eigenvalue weighted by atomic mass is 9.98. The van der Waals surface area contributed by atoms with Crippen molar-refractivity contribution in [1.82, 2.24) is 15.1 Å². The topological polar surface area (TPSA) is 44.8 Å². The number of carbonyl (C=O) groups excluding carboxylic acids is 1. The lowest BCUT2D eigenvalue weighted by Crippen LogP contribution is -2.59.